The molecule has 0 amide bonds. The molecule has 1 aromatic carbocycles. The van der Waals surface area contributed by atoms with E-state index in [0.717, 1.165) is 17.4 Å². The van der Waals surface area contributed by atoms with E-state index in [1.54, 1.807) is 0 Å². The highest BCUT2D eigenvalue weighted by Gasteiger charge is 2.01. The van der Waals surface area contributed by atoms with E-state index in [0.29, 0.717) is 6.04 Å². The third kappa shape index (κ3) is 3.28. The van der Waals surface area contributed by atoms with E-state index >= 15 is 0 Å². The Hall–Kier alpha value is -0.600. The van der Waals surface area contributed by atoms with Crippen LogP contribution < -0.4 is 5.32 Å². The van der Waals surface area contributed by atoms with Gasteiger partial charge in [-0.3, -0.25) is 0 Å². The number of benzene rings is 1. The van der Waals surface area contributed by atoms with Crippen molar-refractivity contribution in [1.82, 2.24) is 5.32 Å². The molecular weight excluding hydrogens is 238 g/mol. The van der Waals surface area contributed by atoms with E-state index in [1.165, 1.54) is 5.56 Å². The van der Waals surface area contributed by atoms with Gasteiger partial charge < -0.3 is 5.32 Å². The van der Waals surface area contributed by atoms with Gasteiger partial charge >= 0.3 is 0 Å². The van der Waals surface area contributed by atoms with E-state index < -0.39 is 0 Å². The molecule has 0 unspecified atom stereocenters. The fraction of sp³-hybridized carbons (Fsp3) is 0.333. The van der Waals surface area contributed by atoms with Crippen LogP contribution in [0.15, 0.2) is 41.4 Å². The Morgan fingerprint density at radius 2 is 2.21 bits per heavy atom. The molecule has 0 saturated heterocycles. The van der Waals surface area contributed by atoms with E-state index in [-0.39, 0.29) is 0 Å². The lowest BCUT2D eigenvalue weighted by Crippen LogP contribution is -2.25. The zero-order valence-corrected chi connectivity index (χ0v) is 10.0. The molecular formula is C12H16BrN. The van der Waals surface area contributed by atoms with Crippen LogP contribution in [0.1, 0.15) is 18.9 Å². The lowest BCUT2D eigenvalue weighted by atomic mass is 10.2. The van der Waals surface area contributed by atoms with Gasteiger partial charge in [0.1, 0.15) is 0 Å². The summed E-state index contributed by atoms with van der Waals surface area (Å²) in [5.41, 5.74) is 1.28. The summed E-state index contributed by atoms with van der Waals surface area (Å²) in [7, 11) is 0. The molecule has 76 valence electrons. The van der Waals surface area contributed by atoms with Crippen LogP contribution >= 0.6 is 15.9 Å². The largest absolute Gasteiger partial charge is 0.306 e. The summed E-state index contributed by atoms with van der Waals surface area (Å²) < 4.78 is 1.16. The van der Waals surface area contributed by atoms with Crippen LogP contribution in [0.4, 0.5) is 0 Å². The first-order valence-electron chi connectivity index (χ1n) is 4.87. The maximum absolute atomic E-state index is 3.79. The monoisotopic (exact) mass is 253 g/mol. The van der Waals surface area contributed by atoms with Gasteiger partial charge in [-0.2, -0.15) is 0 Å². The van der Waals surface area contributed by atoms with E-state index in [2.05, 4.69) is 52.9 Å². The second-order valence-corrected chi connectivity index (χ2v) is 4.08. The first kappa shape index (κ1) is 11.5. The normalized spacial score (nSPS) is 12.4. The molecule has 1 atom stereocenters. The number of halogens is 1. The van der Waals surface area contributed by atoms with Crippen LogP contribution in [-0.4, -0.2) is 6.04 Å². The molecule has 0 heterocycles. The Labute approximate surface area is 94.3 Å². The molecule has 0 fully saturated rings. The lowest BCUT2D eigenvalue weighted by Gasteiger charge is -2.12. The van der Waals surface area contributed by atoms with Gasteiger partial charge in [0.05, 0.1) is 0 Å². The zero-order valence-electron chi connectivity index (χ0n) is 8.46. The van der Waals surface area contributed by atoms with Gasteiger partial charge in [-0.05, 0) is 18.1 Å². The third-order valence-electron chi connectivity index (χ3n) is 2.24. The van der Waals surface area contributed by atoms with E-state index in [1.807, 2.05) is 12.1 Å². The Morgan fingerprint density at radius 1 is 1.50 bits per heavy atom. The quantitative estimate of drug-likeness (QED) is 0.793. The maximum Gasteiger partial charge on any atom is 0.0247 e. The van der Waals surface area contributed by atoms with Crippen molar-refractivity contribution < 1.29 is 0 Å². The highest BCUT2D eigenvalue weighted by molar-refractivity contribution is 9.10. The van der Waals surface area contributed by atoms with Crippen LogP contribution in [0.25, 0.3) is 0 Å². The Kier molecular flexibility index (Phi) is 4.91. The van der Waals surface area contributed by atoms with Crippen LogP contribution in [0.3, 0.4) is 0 Å². The molecule has 0 aliphatic rings. The lowest BCUT2D eigenvalue weighted by molar-refractivity contribution is 0.578. The van der Waals surface area contributed by atoms with Gasteiger partial charge in [0, 0.05) is 17.1 Å². The van der Waals surface area contributed by atoms with Crippen molar-refractivity contribution in [2.45, 2.75) is 25.9 Å². The van der Waals surface area contributed by atoms with Crippen molar-refractivity contribution in [2.75, 3.05) is 0 Å². The Balaban J connectivity index is 2.53. The molecule has 0 radical (unpaired) electrons. The number of nitrogens with one attached hydrogen (secondary N) is 1. The third-order valence-corrected chi connectivity index (χ3v) is 3.01. The van der Waals surface area contributed by atoms with Crippen molar-refractivity contribution in [3.63, 3.8) is 0 Å². The predicted octanol–water partition coefficient (Wildman–Crippen LogP) is 3.50. The average Bonchev–Trinajstić information content (AvgIpc) is 2.22. The SMILES string of the molecule is C=C[C@H](CC)NCc1ccccc1Br. The second kappa shape index (κ2) is 5.99. The second-order valence-electron chi connectivity index (χ2n) is 3.22. The summed E-state index contributed by atoms with van der Waals surface area (Å²) in [5, 5.41) is 3.43. The summed E-state index contributed by atoms with van der Waals surface area (Å²) in [6.45, 7) is 6.83. The minimum atomic E-state index is 0.405. The summed E-state index contributed by atoms with van der Waals surface area (Å²) in [4.78, 5) is 0. The van der Waals surface area contributed by atoms with Crippen molar-refractivity contribution >= 4 is 15.9 Å². The van der Waals surface area contributed by atoms with Crippen LogP contribution in [0.5, 0.6) is 0 Å². The number of hydrogen-bond donors (Lipinski definition) is 1. The minimum Gasteiger partial charge on any atom is -0.306 e. The van der Waals surface area contributed by atoms with Crippen molar-refractivity contribution in [2.24, 2.45) is 0 Å². The van der Waals surface area contributed by atoms with E-state index in [9.17, 15) is 0 Å². The number of rotatable bonds is 5. The summed E-state index contributed by atoms with van der Waals surface area (Å²) in [6.07, 6.45) is 3.03. The molecule has 1 nitrogen and oxygen atoms in total. The summed E-state index contributed by atoms with van der Waals surface area (Å²) >= 11 is 3.52. The van der Waals surface area contributed by atoms with Gasteiger partial charge in [0.2, 0.25) is 0 Å². The summed E-state index contributed by atoms with van der Waals surface area (Å²) in [6, 6.07) is 8.66. The van der Waals surface area contributed by atoms with Gasteiger partial charge in [-0.1, -0.05) is 47.1 Å². The molecule has 0 aliphatic heterocycles. The Bertz CT molecular complexity index is 296. The topological polar surface area (TPSA) is 12.0 Å². The first-order chi connectivity index (χ1) is 6.77. The van der Waals surface area contributed by atoms with Gasteiger partial charge in [-0.25, -0.2) is 0 Å². The maximum atomic E-state index is 3.79. The molecule has 0 aromatic heterocycles. The predicted molar refractivity (Wildman–Crippen MR) is 65.3 cm³/mol. The molecule has 0 bridgehead atoms. The fourth-order valence-electron chi connectivity index (χ4n) is 1.28. The van der Waals surface area contributed by atoms with Crippen molar-refractivity contribution in [1.29, 1.82) is 0 Å². The molecule has 0 spiro atoms. The van der Waals surface area contributed by atoms with Crippen LogP contribution in [0.2, 0.25) is 0 Å². The molecule has 1 N–H and O–H groups in total. The number of hydrogen-bond acceptors (Lipinski definition) is 1. The highest BCUT2D eigenvalue weighted by Crippen LogP contribution is 2.15. The molecule has 1 rings (SSSR count). The molecule has 14 heavy (non-hydrogen) atoms. The van der Waals surface area contributed by atoms with Crippen molar-refractivity contribution in [3.05, 3.63) is 47.0 Å². The van der Waals surface area contributed by atoms with Gasteiger partial charge in [-0.15, -0.1) is 6.58 Å². The zero-order chi connectivity index (χ0) is 10.4. The molecule has 2 heteroatoms. The van der Waals surface area contributed by atoms with Crippen LogP contribution in [0, 0.1) is 0 Å². The highest BCUT2D eigenvalue weighted by atomic mass is 79.9. The van der Waals surface area contributed by atoms with Gasteiger partial charge in [0.15, 0.2) is 0 Å². The van der Waals surface area contributed by atoms with Gasteiger partial charge in [0.25, 0.3) is 0 Å². The minimum absolute atomic E-state index is 0.405. The summed E-state index contributed by atoms with van der Waals surface area (Å²) in [5.74, 6) is 0. The van der Waals surface area contributed by atoms with Crippen LogP contribution in [-0.2, 0) is 6.54 Å². The Morgan fingerprint density at radius 3 is 2.79 bits per heavy atom. The van der Waals surface area contributed by atoms with Crippen molar-refractivity contribution in [3.8, 4) is 0 Å². The average molecular weight is 254 g/mol. The fourth-order valence-corrected chi connectivity index (χ4v) is 1.70. The smallest absolute Gasteiger partial charge is 0.0247 e. The molecule has 1 aromatic rings. The molecule has 0 saturated carbocycles. The standard InChI is InChI=1S/C12H16BrN/c1-3-11(4-2)14-9-10-7-5-6-8-12(10)13/h3,5-8,11,14H,1,4,9H2,2H3/t11-/m1/s1. The van der Waals surface area contributed by atoms with E-state index in [4.69, 9.17) is 0 Å². The molecule has 0 aliphatic carbocycles. The first-order valence-corrected chi connectivity index (χ1v) is 5.66.